The first kappa shape index (κ1) is 11.2. The van der Waals surface area contributed by atoms with Gasteiger partial charge in [0.2, 0.25) is 0 Å². The highest BCUT2D eigenvalue weighted by Crippen LogP contribution is 2.58. The summed E-state index contributed by atoms with van der Waals surface area (Å²) in [5.74, 6) is 1.19. The minimum Gasteiger partial charge on any atom is -0.303 e. The summed E-state index contributed by atoms with van der Waals surface area (Å²) in [4.78, 5) is 10.9. The second-order valence-corrected chi connectivity index (χ2v) is 6.73. The van der Waals surface area contributed by atoms with Crippen molar-refractivity contribution in [2.75, 3.05) is 0 Å². The van der Waals surface area contributed by atoms with Crippen molar-refractivity contribution >= 4 is 6.29 Å². The van der Waals surface area contributed by atoms with Gasteiger partial charge in [0.25, 0.3) is 0 Å². The van der Waals surface area contributed by atoms with Crippen molar-refractivity contribution in [1.29, 1.82) is 0 Å². The summed E-state index contributed by atoms with van der Waals surface area (Å²) in [6, 6.07) is 0. The van der Waals surface area contributed by atoms with Crippen LogP contribution >= 0.6 is 0 Å². The molecule has 2 fully saturated rings. The number of carbonyl (C=O) groups excluding carboxylic acids is 1. The molecule has 0 bridgehead atoms. The molecule has 2 rings (SSSR count). The minimum absolute atomic E-state index is 0.347. The van der Waals surface area contributed by atoms with E-state index in [-0.39, 0.29) is 0 Å². The van der Waals surface area contributed by atoms with Crippen molar-refractivity contribution in [1.82, 2.24) is 0 Å². The van der Waals surface area contributed by atoms with Gasteiger partial charge in [0, 0.05) is 5.92 Å². The monoisotopic (exact) mass is 208 g/mol. The summed E-state index contributed by atoms with van der Waals surface area (Å²) in [5.41, 5.74) is 0.951. The smallest absolute Gasteiger partial charge is 0.123 e. The van der Waals surface area contributed by atoms with Crippen LogP contribution in [0.5, 0.6) is 0 Å². The summed E-state index contributed by atoms with van der Waals surface area (Å²) in [6.07, 6.45) is 8.81. The van der Waals surface area contributed by atoms with Crippen LogP contribution < -0.4 is 0 Å². The van der Waals surface area contributed by atoms with Gasteiger partial charge in [-0.2, -0.15) is 0 Å². The fourth-order valence-corrected chi connectivity index (χ4v) is 4.42. The Labute approximate surface area is 93.6 Å². The van der Waals surface area contributed by atoms with Crippen LogP contribution in [0.1, 0.15) is 59.3 Å². The van der Waals surface area contributed by atoms with E-state index in [1.807, 2.05) is 0 Å². The van der Waals surface area contributed by atoms with Gasteiger partial charge in [0.05, 0.1) is 0 Å². The number of fused-ring (bicyclic) bond motifs is 1. The summed E-state index contributed by atoms with van der Waals surface area (Å²) in [6.45, 7) is 7.28. The first-order valence-electron chi connectivity index (χ1n) is 6.43. The zero-order valence-electron chi connectivity index (χ0n) is 10.4. The zero-order chi connectivity index (χ0) is 11.1. The molecule has 2 saturated carbocycles. The predicted octanol–water partition coefficient (Wildman–Crippen LogP) is 3.82. The minimum atomic E-state index is 0.347. The number of hydrogen-bond acceptors (Lipinski definition) is 1. The van der Waals surface area contributed by atoms with Gasteiger partial charge < -0.3 is 4.79 Å². The van der Waals surface area contributed by atoms with Gasteiger partial charge in [0.15, 0.2) is 0 Å². The molecule has 0 heterocycles. The topological polar surface area (TPSA) is 17.1 Å². The van der Waals surface area contributed by atoms with Crippen molar-refractivity contribution in [3.8, 4) is 0 Å². The molecule has 86 valence electrons. The summed E-state index contributed by atoms with van der Waals surface area (Å²) in [7, 11) is 0. The third-order valence-electron chi connectivity index (χ3n) is 5.10. The Hall–Kier alpha value is -0.330. The highest BCUT2D eigenvalue weighted by molar-refractivity contribution is 5.53. The SMILES string of the molecule is CC1(C)CCC[C@]2(C)C[C@H](C=O)CC[C@@H]12. The van der Waals surface area contributed by atoms with E-state index in [0.717, 1.165) is 18.8 Å². The molecule has 0 amide bonds. The quantitative estimate of drug-likeness (QED) is 0.599. The van der Waals surface area contributed by atoms with Crippen LogP contribution in [0.15, 0.2) is 0 Å². The van der Waals surface area contributed by atoms with E-state index in [2.05, 4.69) is 20.8 Å². The molecule has 1 heteroatoms. The maximum absolute atomic E-state index is 10.9. The maximum atomic E-state index is 10.9. The fraction of sp³-hybridized carbons (Fsp3) is 0.929. The molecule has 0 N–H and O–H groups in total. The van der Waals surface area contributed by atoms with Gasteiger partial charge in [-0.15, -0.1) is 0 Å². The van der Waals surface area contributed by atoms with Gasteiger partial charge in [-0.3, -0.25) is 0 Å². The lowest BCUT2D eigenvalue weighted by Gasteiger charge is -2.54. The number of carbonyl (C=O) groups is 1. The highest BCUT2D eigenvalue weighted by atomic mass is 16.1. The summed E-state index contributed by atoms with van der Waals surface area (Å²) >= 11 is 0. The van der Waals surface area contributed by atoms with Crippen LogP contribution in [0, 0.1) is 22.7 Å². The third-order valence-corrected chi connectivity index (χ3v) is 5.10. The number of hydrogen-bond donors (Lipinski definition) is 0. The molecule has 0 unspecified atom stereocenters. The normalized spacial score (nSPS) is 44.5. The predicted molar refractivity (Wildman–Crippen MR) is 62.6 cm³/mol. The maximum Gasteiger partial charge on any atom is 0.123 e. The van der Waals surface area contributed by atoms with Crippen LogP contribution in [-0.2, 0) is 4.79 Å². The Kier molecular flexibility index (Phi) is 2.68. The van der Waals surface area contributed by atoms with Crippen molar-refractivity contribution in [2.45, 2.75) is 59.3 Å². The van der Waals surface area contributed by atoms with E-state index < -0.39 is 0 Å². The third kappa shape index (κ3) is 1.86. The average molecular weight is 208 g/mol. The molecule has 3 atom stereocenters. The Morgan fingerprint density at radius 2 is 1.87 bits per heavy atom. The van der Waals surface area contributed by atoms with Crippen LogP contribution in [-0.4, -0.2) is 6.29 Å². The van der Waals surface area contributed by atoms with E-state index >= 15 is 0 Å². The molecule has 2 aliphatic rings. The lowest BCUT2D eigenvalue weighted by atomic mass is 9.50. The molecular weight excluding hydrogens is 184 g/mol. The van der Waals surface area contributed by atoms with Gasteiger partial charge in [-0.25, -0.2) is 0 Å². The highest BCUT2D eigenvalue weighted by Gasteiger charge is 2.49. The largest absolute Gasteiger partial charge is 0.303 e. The molecule has 2 aliphatic carbocycles. The van der Waals surface area contributed by atoms with E-state index in [1.54, 1.807) is 0 Å². The lowest BCUT2D eigenvalue weighted by molar-refractivity contribution is -0.117. The first-order valence-corrected chi connectivity index (χ1v) is 6.43. The molecule has 0 radical (unpaired) electrons. The number of aldehydes is 1. The van der Waals surface area contributed by atoms with Crippen LogP contribution in [0.25, 0.3) is 0 Å². The Bertz CT molecular complexity index is 256. The van der Waals surface area contributed by atoms with Gasteiger partial charge in [-0.1, -0.05) is 27.2 Å². The number of rotatable bonds is 1. The second kappa shape index (κ2) is 3.61. The van der Waals surface area contributed by atoms with Crippen molar-refractivity contribution in [3.05, 3.63) is 0 Å². The Morgan fingerprint density at radius 1 is 1.13 bits per heavy atom. The average Bonchev–Trinajstić information content (AvgIpc) is 2.15. The molecular formula is C14H24O. The standard InChI is InChI=1S/C14H24O/c1-13(2)7-4-8-14(3)9-11(10-15)5-6-12(13)14/h10-12H,4-9H2,1-3H3/t11-,12+,14-/m1/s1. The Morgan fingerprint density at radius 3 is 2.53 bits per heavy atom. The second-order valence-electron chi connectivity index (χ2n) is 6.73. The Balaban J connectivity index is 2.20. The molecule has 0 saturated heterocycles. The van der Waals surface area contributed by atoms with Crippen molar-refractivity contribution in [3.63, 3.8) is 0 Å². The van der Waals surface area contributed by atoms with E-state index in [1.165, 1.54) is 32.0 Å². The van der Waals surface area contributed by atoms with E-state index in [9.17, 15) is 4.79 Å². The molecule has 0 spiro atoms. The molecule has 0 aliphatic heterocycles. The summed E-state index contributed by atoms with van der Waals surface area (Å²) in [5, 5.41) is 0. The first-order chi connectivity index (χ1) is 6.98. The molecule has 0 aromatic heterocycles. The van der Waals surface area contributed by atoms with Gasteiger partial charge in [-0.05, 0) is 48.9 Å². The zero-order valence-corrected chi connectivity index (χ0v) is 10.4. The molecule has 1 nitrogen and oxygen atoms in total. The fourth-order valence-electron chi connectivity index (χ4n) is 4.42. The van der Waals surface area contributed by atoms with Crippen LogP contribution in [0.2, 0.25) is 0 Å². The van der Waals surface area contributed by atoms with Crippen molar-refractivity contribution in [2.24, 2.45) is 22.7 Å². The lowest BCUT2D eigenvalue weighted by Crippen LogP contribution is -2.46. The van der Waals surface area contributed by atoms with Crippen molar-refractivity contribution < 1.29 is 4.79 Å². The van der Waals surface area contributed by atoms with Crippen LogP contribution in [0.4, 0.5) is 0 Å². The molecule has 15 heavy (non-hydrogen) atoms. The summed E-state index contributed by atoms with van der Waals surface area (Å²) < 4.78 is 0. The van der Waals surface area contributed by atoms with Crippen LogP contribution in [0.3, 0.4) is 0 Å². The van der Waals surface area contributed by atoms with E-state index in [0.29, 0.717) is 16.7 Å². The molecule has 0 aromatic carbocycles. The van der Waals surface area contributed by atoms with Gasteiger partial charge >= 0.3 is 0 Å². The molecule has 0 aromatic rings. The van der Waals surface area contributed by atoms with E-state index in [4.69, 9.17) is 0 Å². The van der Waals surface area contributed by atoms with Gasteiger partial charge in [0.1, 0.15) is 6.29 Å².